The number of halogens is 1. The summed E-state index contributed by atoms with van der Waals surface area (Å²) in [5.74, 6) is 2.30. The van der Waals surface area contributed by atoms with Crippen LogP contribution in [0, 0.1) is 13.8 Å². The maximum Gasteiger partial charge on any atom is 0.323 e. The first-order chi connectivity index (χ1) is 15.5. The number of rotatable bonds is 5. The van der Waals surface area contributed by atoms with E-state index in [0.717, 1.165) is 30.2 Å². The molecule has 1 fully saturated rings. The van der Waals surface area contributed by atoms with Gasteiger partial charge in [-0.3, -0.25) is 0 Å². The molecule has 3 N–H and O–H groups in total. The van der Waals surface area contributed by atoms with Gasteiger partial charge in [0, 0.05) is 41.2 Å². The zero-order valence-corrected chi connectivity index (χ0v) is 18.7. The number of anilines is 5. The minimum absolute atomic E-state index is 0.336. The average Bonchev–Trinajstić information content (AvgIpc) is 2.78. The van der Waals surface area contributed by atoms with Crippen LogP contribution in [-0.4, -0.2) is 42.3 Å². The fraction of sp³-hybridized carbons (Fsp3) is 0.261. The molecule has 4 rings (SSSR count). The molecule has 1 aliphatic rings. The van der Waals surface area contributed by atoms with E-state index in [9.17, 15) is 4.79 Å². The number of hydrogen-bond acceptors (Lipinski definition) is 6. The SMILES string of the molecule is Cc1nc(Nc2ccc(NC(=O)Nc3cc(Cl)ccc3C)cc2)cc(N2CCOCC2)n1. The molecule has 2 heterocycles. The highest BCUT2D eigenvalue weighted by Crippen LogP contribution is 2.23. The Morgan fingerprint density at radius 3 is 2.44 bits per heavy atom. The molecular weight excluding hydrogens is 428 g/mol. The van der Waals surface area contributed by atoms with E-state index in [4.69, 9.17) is 16.3 Å². The molecular formula is C23H25ClN6O2. The summed E-state index contributed by atoms with van der Waals surface area (Å²) in [6.45, 7) is 6.81. The van der Waals surface area contributed by atoms with Gasteiger partial charge in [-0.1, -0.05) is 17.7 Å². The molecule has 9 heteroatoms. The summed E-state index contributed by atoms with van der Waals surface area (Å²) < 4.78 is 5.42. The maximum absolute atomic E-state index is 12.3. The molecule has 0 spiro atoms. The highest BCUT2D eigenvalue weighted by atomic mass is 35.5. The number of amides is 2. The van der Waals surface area contributed by atoms with Gasteiger partial charge in [0.25, 0.3) is 0 Å². The van der Waals surface area contributed by atoms with Crippen molar-refractivity contribution in [2.24, 2.45) is 0 Å². The number of ether oxygens (including phenoxy) is 1. The van der Waals surface area contributed by atoms with Crippen LogP contribution in [0.25, 0.3) is 0 Å². The molecule has 2 amide bonds. The standard InChI is InChI=1S/C23H25ClN6O2/c1-15-3-4-17(24)13-20(15)29-23(31)28-19-7-5-18(6-8-19)27-21-14-22(26-16(2)25-21)30-9-11-32-12-10-30/h3-8,13-14H,9-12H2,1-2H3,(H,25,26,27)(H2,28,29,31). The van der Waals surface area contributed by atoms with E-state index in [1.165, 1.54) is 0 Å². The van der Waals surface area contributed by atoms with Gasteiger partial charge in [0.2, 0.25) is 0 Å². The average molecular weight is 453 g/mol. The number of aryl methyl sites for hydroxylation is 2. The summed E-state index contributed by atoms with van der Waals surface area (Å²) in [4.78, 5) is 23.6. The Morgan fingerprint density at radius 1 is 0.969 bits per heavy atom. The number of urea groups is 1. The highest BCUT2D eigenvalue weighted by molar-refractivity contribution is 6.31. The maximum atomic E-state index is 12.3. The highest BCUT2D eigenvalue weighted by Gasteiger charge is 2.14. The third-order valence-electron chi connectivity index (χ3n) is 5.02. The van der Waals surface area contributed by atoms with Crippen LogP contribution in [0.1, 0.15) is 11.4 Å². The lowest BCUT2D eigenvalue weighted by molar-refractivity contribution is 0.122. The van der Waals surface area contributed by atoms with Crippen molar-refractivity contribution in [2.75, 3.05) is 47.2 Å². The smallest absolute Gasteiger partial charge is 0.323 e. The molecule has 166 valence electrons. The summed E-state index contributed by atoms with van der Waals surface area (Å²) >= 11 is 6.01. The Hall–Kier alpha value is -3.36. The van der Waals surface area contributed by atoms with E-state index < -0.39 is 0 Å². The van der Waals surface area contributed by atoms with E-state index in [-0.39, 0.29) is 6.03 Å². The van der Waals surface area contributed by atoms with E-state index >= 15 is 0 Å². The van der Waals surface area contributed by atoms with E-state index in [1.807, 2.05) is 50.2 Å². The second kappa shape index (κ2) is 9.84. The van der Waals surface area contributed by atoms with Crippen molar-refractivity contribution >= 4 is 46.3 Å². The lowest BCUT2D eigenvalue weighted by atomic mass is 10.2. The minimum atomic E-state index is -0.336. The molecule has 0 aliphatic carbocycles. The van der Waals surface area contributed by atoms with Crippen LogP contribution in [0.2, 0.25) is 5.02 Å². The summed E-state index contributed by atoms with van der Waals surface area (Å²) in [5.41, 5.74) is 3.12. The van der Waals surface area contributed by atoms with Gasteiger partial charge < -0.3 is 25.6 Å². The molecule has 0 radical (unpaired) electrons. The third kappa shape index (κ3) is 5.66. The van der Waals surface area contributed by atoms with Crippen molar-refractivity contribution in [3.8, 4) is 0 Å². The lowest BCUT2D eigenvalue weighted by Crippen LogP contribution is -2.36. The summed E-state index contributed by atoms with van der Waals surface area (Å²) in [5, 5.41) is 9.52. The molecule has 32 heavy (non-hydrogen) atoms. The molecule has 1 aromatic heterocycles. The van der Waals surface area contributed by atoms with E-state index in [2.05, 4.69) is 30.8 Å². The van der Waals surface area contributed by atoms with Crippen LogP contribution in [0.4, 0.5) is 33.5 Å². The third-order valence-corrected chi connectivity index (χ3v) is 5.26. The monoisotopic (exact) mass is 452 g/mol. The molecule has 0 atom stereocenters. The Kier molecular flexibility index (Phi) is 6.72. The van der Waals surface area contributed by atoms with Gasteiger partial charge in [-0.05, 0) is 55.8 Å². The molecule has 0 unspecified atom stereocenters. The van der Waals surface area contributed by atoms with Gasteiger partial charge in [-0.2, -0.15) is 0 Å². The molecule has 3 aromatic rings. The fourth-order valence-corrected chi connectivity index (χ4v) is 3.54. The van der Waals surface area contributed by atoms with E-state index in [0.29, 0.717) is 41.3 Å². The molecule has 2 aromatic carbocycles. The zero-order chi connectivity index (χ0) is 22.5. The number of nitrogens with one attached hydrogen (secondary N) is 3. The van der Waals surface area contributed by atoms with Gasteiger partial charge in [-0.25, -0.2) is 14.8 Å². The van der Waals surface area contributed by atoms with Crippen LogP contribution in [0.5, 0.6) is 0 Å². The quantitative estimate of drug-likeness (QED) is 0.506. The first-order valence-corrected chi connectivity index (χ1v) is 10.7. The van der Waals surface area contributed by atoms with Crippen molar-refractivity contribution in [3.63, 3.8) is 0 Å². The minimum Gasteiger partial charge on any atom is -0.378 e. The number of morpholine rings is 1. The predicted molar refractivity (Wildman–Crippen MR) is 128 cm³/mol. The van der Waals surface area contributed by atoms with Gasteiger partial charge >= 0.3 is 6.03 Å². The van der Waals surface area contributed by atoms with Crippen LogP contribution >= 0.6 is 11.6 Å². The van der Waals surface area contributed by atoms with Gasteiger partial charge in [0.1, 0.15) is 17.5 Å². The van der Waals surface area contributed by atoms with Crippen LogP contribution in [0.15, 0.2) is 48.5 Å². The molecule has 0 bridgehead atoms. The summed E-state index contributed by atoms with van der Waals surface area (Å²) in [7, 11) is 0. The Bertz CT molecular complexity index is 1100. The molecule has 1 saturated heterocycles. The van der Waals surface area contributed by atoms with Crippen LogP contribution in [0.3, 0.4) is 0 Å². The van der Waals surface area contributed by atoms with Crippen molar-refractivity contribution in [2.45, 2.75) is 13.8 Å². The number of nitrogens with zero attached hydrogens (tertiary/aromatic N) is 3. The first kappa shape index (κ1) is 21.9. The van der Waals surface area contributed by atoms with Crippen molar-refractivity contribution < 1.29 is 9.53 Å². The molecule has 0 saturated carbocycles. The topological polar surface area (TPSA) is 91.4 Å². The zero-order valence-electron chi connectivity index (χ0n) is 18.0. The number of carbonyl (C=O) groups excluding carboxylic acids is 1. The molecule has 8 nitrogen and oxygen atoms in total. The summed E-state index contributed by atoms with van der Waals surface area (Å²) in [6, 6.07) is 14.4. The normalized spacial score (nSPS) is 13.5. The van der Waals surface area contributed by atoms with Gasteiger partial charge in [0.15, 0.2) is 0 Å². The van der Waals surface area contributed by atoms with Gasteiger partial charge in [0.05, 0.1) is 13.2 Å². The number of hydrogen-bond donors (Lipinski definition) is 3. The van der Waals surface area contributed by atoms with Crippen molar-refractivity contribution in [1.82, 2.24) is 9.97 Å². The largest absolute Gasteiger partial charge is 0.378 e. The molecule has 1 aliphatic heterocycles. The van der Waals surface area contributed by atoms with Gasteiger partial charge in [-0.15, -0.1) is 0 Å². The second-order valence-electron chi connectivity index (χ2n) is 7.50. The number of aromatic nitrogens is 2. The number of benzene rings is 2. The fourth-order valence-electron chi connectivity index (χ4n) is 3.37. The van der Waals surface area contributed by atoms with Crippen LogP contribution < -0.4 is 20.9 Å². The first-order valence-electron chi connectivity index (χ1n) is 10.4. The van der Waals surface area contributed by atoms with Crippen molar-refractivity contribution in [3.05, 3.63) is 64.9 Å². The Morgan fingerprint density at radius 2 is 1.69 bits per heavy atom. The number of carbonyl (C=O) groups is 1. The Labute approximate surface area is 192 Å². The lowest BCUT2D eigenvalue weighted by Gasteiger charge is -2.28. The second-order valence-corrected chi connectivity index (χ2v) is 7.94. The van der Waals surface area contributed by atoms with Crippen LogP contribution in [-0.2, 0) is 4.74 Å². The van der Waals surface area contributed by atoms with Crippen molar-refractivity contribution in [1.29, 1.82) is 0 Å². The Balaban J connectivity index is 1.39. The predicted octanol–water partition coefficient (Wildman–Crippen LogP) is 4.97. The summed E-state index contributed by atoms with van der Waals surface area (Å²) in [6.07, 6.45) is 0. The van der Waals surface area contributed by atoms with E-state index in [1.54, 1.807) is 12.1 Å².